The zero-order valence-corrected chi connectivity index (χ0v) is 28.7. The number of hydrogen-bond acceptors (Lipinski definition) is 6. The quantitative estimate of drug-likeness (QED) is 0.0748. The number of amides is 1. The third kappa shape index (κ3) is 30.6. The number of rotatable bonds is 32. The Labute approximate surface area is 261 Å². The Hall–Kier alpha value is -0.890. The molecule has 1 amide bonds. The number of nitrogens with one attached hydrogen (secondary N) is 1. The van der Waals surface area contributed by atoms with Gasteiger partial charge < -0.3 is 30.0 Å². The van der Waals surface area contributed by atoms with Gasteiger partial charge in [-0.25, -0.2) is 4.79 Å². The second kappa shape index (κ2) is 28.9. The van der Waals surface area contributed by atoms with E-state index in [1.807, 2.05) is 13.8 Å². The normalized spacial score (nSPS) is 12.1. The summed E-state index contributed by atoms with van der Waals surface area (Å²) in [7, 11) is 0. The summed E-state index contributed by atoms with van der Waals surface area (Å²) in [5.41, 5.74) is 4.96. The molecule has 0 aromatic rings. The summed E-state index contributed by atoms with van der Waals surface area (Å²) < 4.78 is 22.9. The first-order valence-electron chi connectivity index (χ1n) is 17.7. The predicted molar refractivity (Wildman–Crippen MR) is 177 cm³/mol. The van der Waals surface area contributed by atoms with Crippen LogP contribution in [0.4, 0.5) is 4.79 Å². The van der Waals surface area contributed by atoms with Gasteiger partial charge in [-0.2, -0.15) is 0 Å². The van der Waals surface area contributed by atoms with Crippen molar-refractivity contribution in [1.82, 2.24) is 5.32 Å². The summed E-state index contributed by atoms with van der Waals surface area (Å²) >= 11 is 0. The molecule has 0 saturated heterocycles. The van der Waals surface area contributed by atoms with Crippen LogP contribution in [-0.4, -0.2) is 63.4 Å². The summed E-state index contributed by atoms with van der Waals surface area (Å²) in [4.78, 5) is 12.0. The molecule has 0 aliphatic rings. The van der Waals surface area contributed by atoms with Crippen molar-refractivity contribution >= 4 is 6.09 Å². The van der Waals surface area contributed by atoms with Crippen LogP contribution in [-0.2, 0) is 18.9 Å². The average Bonchev–Trinajstić information content (AvgIpc) is 2.93. The van der Waals surface area contributed by atoms with Crippen LogP contribution in [0.15, 0.2) is 0 Å². The van der Waals surface area contributed by atoms with Crippen LogP contribution in [0, 0.1) is 0 Å². The maximum absolute atomic E-state index is 12.0. The summed E-state index contributed by atoms with van der Waals surface area (Å²) in [5, 5.41) is 2.82. The first-order chi connectivity index (χ1) is 20.2. The van der Waals surface area contributed by atoms with Gasteiger partial charge in [-0.3, -0.25) is 0 Å². The Balaban J connectivity index is 3.43. The Kier molecular flexibility index (Phi) is 28.2. The van der Waals surface area contributed by atoms with Gasteiger partial charge in [0, 0.05) is 32.8 Å². The van der Waals surface area contributed by atoms with Crippen molar-refractivity contribution in [2.45, 2.75) is 174 Å². The number of nitrogens with two attached hydrogens (primary N) is 1. The van der Waals surface area contributed by atoms with Gasteiger partial charge >= 0.3 is 6.09 Å². The number of unbranched alkanes of at least 4 members (excludes halogenated alkanes) is 15. The highest BCUT2D eigenvalue weighted by atomic mass is 16.5. The second-order valence-corrected chi connectivity index (χ2v) is 13.2. The molecule has 0 aliphatic heterocycles. The van der Waals surface area contributed by atoms with Crippen molar-refractivity contribution < 1.29 is 23.7 Å². The van der Waals surface area contributed by atoms with E-state index in [4.69, 9.17) is 24.7 Å². The molecule has 252 valence electrons. The minimum absolute atomic E-state index is 0.233. The van der Waals surface area contributed by atoms with E-state index in [-0.39, 0.29) is 17.3 Å². The van der Waals surface area contributed by atoms with Crippen LogP contribution in [0.5, 0.6) is 0 Å². The third-order valence-electron chi connectivity index (χ3n) is 7.84. The van der Waals surface area contributed by atoms with Gasteiger partial charge in [0.2, 0.25) is 0 Å². The average molecular weight is 601 g/mol. The van der Waals surface area contributed by atoms with Gasteiger partial charge in [0.25, 0.3) is 0 Å². The van der Waals surface area contributed by atoms with Crippen molar-refractivity contribution in [3.63, 3.8) is 0 Å². The summed E-state index contributed by atoms with van der Waals surface area (Å²) in [6.07, 6.45) is 24.8. The molecular weight excluding hydrogens is 528 g/mol. The molecule has 0 saturated carbocycles. The van der Waals surface area contributed by atoms with E-state index < -0.39 is 0 Å². The van der Waals surface area contributed by atoms with E-state index in [0.717, 1.165) is 32.3 Å². The third-order valence-corrected chi connectivity index (χ3v) is 7.84. The fourth-order valence-electron chi connectivity index (χ4n) is 4.85. The van der Waals surface area contributed by atoms with Crippen LogP contribution in [0.2, 0.25) is 0 Å². The lowest BCUT2D eigenvalue weighted by Crippen LogP contribution is -2.35. The fourth-order valence-corrected chi connectivity index (χ4v) is 4.85. The smallest absolute Gasteiger partial charge is 0.407 e. The van der Waals surface area contributed by atoms with Crippen molar-refractivity contribution in [1.29, 1.82) is 0 Å². The van der Waals surface area contributed by atoms with E-state index in [2.05, 4.69) is 26.1 Å². The van der Waals surface area contributed by atoms with Gasteiger partial charge in [-0.1, -0.05) is 103 Å². The van der Waals surface area contributed by atoms with E-state index in [1.54, 1.807) is 0 Å². The summed E-state index contributed by atoms with van der Waals surface area (Å²) in [6.45, 7) is 14.8. The van der Waals surface area contributed by atoms with E-state index in [0.29, 0.717) is 45.9 Å². The lowest BCUT2D eigenvalue weighted by molar-refractivity contribution is -0.0739. The van der Waals surface area contributed by atoms with Crippen LogP contribution in [0.25, 0.3) is 0 Å². The largest absolute Gasteiger partial charge is 0.449 e. The van der Waals surface area contributed by atoms with E-state index >= 15 is 0 Å². The van der Waals surface area contributed by atoms with Crippen molar-refractivity contribution in [2.75, 3.05) is 46.1 Å². The molecule has 3 N–H and O–H groups in total. The highest BCUT2D eigenvalue weighted by Gasteiger charge is 2.22. The Morgan fingerprint density at radius 3 is 1.60 bits per heavy atom. The molecule has 0 atom stereocenters. The monoisotopic (exact) mass is 601 g/mol. The zero-order chi connectivity index (χ0) is 31.2. The molecule has 0 radical (unpaired) electrons. The standard InChI is InChI=1S/C35H72N2O5/c1-6-7-8-9-10-11-12-13-14-15-16-17-18-19-20-21-28-39-29-23-30-40-33(38)37-27-24-34(2,3)42-32-25-35(4,5)41-31-22-26-36/h6-32,36H2,1-5H3,(H,37,38). The zero-order valence-electron chi connectivity index (χ0n) is 28.7. The molecule has 0 aliphatic carbocycles. The minimum Gasteiger partial charge on any atom is -0.449 e. The van der Waals surface area contributed by atoms with Crippen LogP contribution < -0.4 is 11.1 Å². The minimum atomic E-state index is -0.377. The van der Waals surface area contributed by atoms with Crippen LogP contribution in [0.3, 0.4) is 0 Å². The number of hydrogen-bond donors (Lipinski definition) is 2. The Bertz CT molecular complexity index is 586. The maximum Gasteiger partial charge on any atom is 0.407 e. The second-order valence-electron chi connectivity index (χ2n) is 13.2. The number of alkyl carbamates (subject to hydrolysis) is 1. The van der Waals surface area contributed by atoms with Gasteiger partial charge in [0.1, 0.15) is 0 Å². The number of ether oxygens (including phenoxy) is 4. The molecule has 0 fully saturated rings. The summed E-state index contributed by atoms with van der Waals surface area (Å²) in [6, 6.07) is 0. The first kappa shape index (κ1) is 41.1. The SMILES string of the molecule is CCCCCCCCCCCCCCCCCCOCCCOC(=O)NCCC(C)(C)OCCC(C)(C)OCCCN. The summed E-state index contributed by atoms with van der Waals surface area (Å²) in [5.74, 6) is 0. The molecule has 0 heterocycles. The lowest BCUT2D eigenvalue weighted by atomic mass is 10.0. The van der Waals surface area contributed by atoms with Gasteiger partial charge in [-0.15, -0.1) is 0 Å². The first-order valence-corrected chi connectivity index (χ1v) is 17.7. The Morgan fingerprint density at radius 1 is 0.571 bits per heavy atom. The van der Waals surface area contributed by atoms with Crippen LogP contribution in [0.1, 0.15) is 163 Å². The molecule has 7 heteroatoms. The predicted octanol–water partition coefficient (Wildman–Crippen LogP) is 9.10. The molecule has 0 spiro atoms. The van der Waals surface area contributed by atoms with Crippen molar-refractivity contribution in [3.05, 3.63) is 0 Å². The molecule has 0 rings (SSSR count). The van der Waals surface area contributed by atoms with Gasteiger partial charge in [0.15, 0.2) is 0 Å². The maximum atomic E-state index is 12.0. The molecular formula is C35H72N2O5. The number of carbonyl (C=O) groups is 1. The molecule has 0 aromatic carbocycles. The van der Waals surface area contributed by atoms with E-state index in [9.17, 15) is 4.79 Å². The van der Waals surface area contributed by atoms with Crippen molar-refractivity contribution in [2.24, 2.45) is 5.73 Å². The molecule has 7 nitrogen and oxygen atoms in total. The van der Waals surface area contributed by atoms with Crippen molar-refractivity contribution in [3.8, 4) is 0 Å². The fraction of sp³-hybridized carbons (Fsp3) is 0.971. The molecule has 0 unspecified atom stereocenters. The lowest BCUT2D eigenvalue weighted by Gasteiger charge is -2.29. The molecule has 42 heavy (non-hydrogen) atoms. The highest BCUT2D eigenvalue weighted by Crippen LogP contribution is 2.19. The van der Waals surface area contributed by atoms with Gasteiger partial charge in [0.05, 0.1) is 24.4 Å². The molecule has 0 aromatic heterocycles. The highest BCUT2D eigenvalue weighted by molar-refractivity contribution is 5.66. The van der Waals surface area contributed by atoms with Gasteiger partial charge in [-0.05, 0) is 59.9 Å². The Morgan fingerprint density at radius 2 is 1.05 bits per heavy atom. The van der Waals surface area contributed by atoms with Crippen LogP contribution >= 0.6 is 0 Å². The number of carbonyl (C=O) groups excluding carboxylic acids is 1. The topological polar surface area (TPSA) is 92.0 Å². The van der Waals surface area contributed by atoms with E-state index in [1.165, 1.54) is 96.3 Å². The molecule has 0 bridgehead atoms.